The van der Waals surface area contributed by atoms with E-state index < -0.39 is 0 Å². The van der Waals surface area contributed by atoms with E-state index in [4.69, 9.17) is 33.5 Å². The molecule has 2 N–H and O–H groups in total. The number of anilines is 1. The number of nitro benzene ring substituents is 1. The van der Waals surface area contributed by atoms with Crippen LogP contribution in [0.4, 0.5) is 11.4 Å². The third-order valence-electron chi connectivity index (χ3n) is 5.95. The lowest BCUT2D eigenvalue weighted by Crippen LogP contribution is -2.35. The second kappa shape index (κ2) is 19.7. The quantitative estimate of drug-likeness (QED) is 0.100. The normalized spacial score (nSPS) is 15.3. The summed E-state index contributed by atoms with van der Waals surface area (Å²) in [4.78, 5) is 13.6. The Morgan fingerprint density at radius 2 is 1.51 bits per heavy atom. The predicted octanol–water partition coefficient (Wildman–Crippen LogP) is 2.63. The molecule has 0 saturated carbocycles. The van der Waals surface area contributed by atoms with Crippen LogP contribution in [0.2, 0.25) is 0 Å². The summed E-state index contributed by atoms with van der Waals surface area (Å²) >= 11 is 0. The van der Waals surface area contributed by atoms with Crippen LogP contribution in [-0.4, -0.2) is 113 Å². The molecule has 0 spiro atoms. The fourth-order valence-corrected chi connectivity index (χ4v) is 3.80. The molecular formula is C27H45N3O9. The molecule has 0 fully saturated rings. The Hall–Kier alpha value is -2.32. The number of aliphatic hydroxyl groups excluding tert-OH is 1. The van der Waals surface area contributed by atoms with E-state index in [1.54, 1.807) is 6.07 Å². The average Bonchev–Trinajstić information content (AvgIpc) is 3.08. The van der Waals surface area contributed by atoms with Crippen molar-refractivity contribution in [1.82, 2.24) is 4.90 Å². The van der Waals surface area contributed by atoms with Gasteiger partial charge in [-0.15, -0.1) is 0 Å². The Labute approximate surface area is 231 Å². The van der Waals surface area contributed by atoms with Gasteiger partial charge in [0.25, 0.3) is 5.69 Å². The first-order valence-corrected chi connectivity index (χ1v) is 13.5. The summed E-state index contributed by atoms with van der Waals surface area (Å²) in [7, 11) is 0. The Morgan fingerprint density at radius 3 is 2.03 bits per heavy atom. The maximum Gasteiger partial charge on any atom is 0.292 e. The topological polar surface area (TPSA) is 134 Å². The van der Waals surface area contributed by atoms with Crippen LogP contribution in [-0.2, 0) is 30.2 Å². The van der Waals surface area contributed by atoms with E-state index in [9.17, 15) is 10.1 Å². The number of allylic oxidation sites excluding steroid dienone is 1. The molecule has 0 bridgehead atoms. The Bertz CT molecular complexity index is 865. The maximum absolute atomic E-state index is 11.6. The highest BCUT2D eigenvalue weighted by Gasteiger charge is 2.28. The van der Waals surface area contributed by atoms with Gasteiger partial charge in [0, 0.05) is 37.3 Å². The first kappa shape index (κ1) is 32.9. The Morgan fingerprint density at radius 1 is 0.974 bits per heavy atom. The molecule has 1 aromatic carbocycles. The van der Waals surface area contributed by atoms with Gasteiger partial charge in [-0.1, -0.05) is 11.6 Å². The van der Waals surface area contributed by atoms with Gasteiger partial charge in [-0.25, -0.2) is 0 Å². The van der Waals surface area contributed by atoms with E-state index in [1.807, 2.05) is 0 Å². The van der Waals surface area contributed by atoms with Crippen LogP contribution >= 0.6 is 0 Å². The lowest BCUT2D eigenvalue weighted by molar-refractivity contribution is -0.384. The van der Waals surface area contributed by atoms with E-state index in [-0.39, 0.29) is 23.3 Å². The number of ether oxygens (including phenoxy) is 6. The van der Waals surface area contributed by atoms with Gasteiger partial charge in [-0.3, -0.25) is 15.0 Å². The fraction of sp³-hybridized carbons (Fsp3) is 0.704. The summed E-state index contributed by atoms with van der Waals surface area (Å²) < 4.78 is 33.0. The first-order valence-electron chi connectivity index (χ1n) is 13.5. The van der Waals surface area contributed by atoms with Gasteiger partial charge >= 0.3 is 0 Å². The van der Waals surface area contributed by atoms with Crippen LogP contribution in [0.5, 0.6) is 5.75 Å². The number of fused-ring (bicyclic) bond motifs is 1. The number of aliphatic hydroxyl groups is 1. The second-order valence-electron chi connectivity index (χ2n) is 9.27. The molecule has 0 saturated heterocycles. The summed E-state index contributed by atoms with van der Waals surface area (Å²) in [5.41, 5.74) is 2.60. The van der Waals surface area contributed by atoms with E-state index in [1.165, 1.54) is 11.6 Å². The molecule has 0 amide bonds. The molecule has 0 radical (unpaired) electrons. The van der Waals surface area contributed by atoms with Crippen molar-refractivity contribution in [3.8, 4) is 5.75 Å². The SMILES string of the molecule is CC(C)=CCN1Cc2c(OCCOCCOCCOCCOCCOCCO)ccc([N+](=O)[O-])c2NC[C@@H]1C. The van der Waals surface area contributed by atoms with Crippen LogP contribution in [0.1, 0.15) is 26.3 Å². The minimum atomic E-state index is -0.355. The van der Waals surface area contributed by atoms with Crippen molar-refractivity contribution >= 4 is 11.4 Å². The molecule has 0 unspecified atom stereocenters. The molecule has 1 aromatic rings. The maximum atomic E-state index is 11.6. The molecule has 1 atom stereocenters. The number of nitro groups is 1. The third kappa shape index (κ3) is 13.1. The summed E-state index contributed by atoms with van der Waals surface area (Å²) in [6, 6.07) is 3.37. The molecular weight excluding hydrogens is 510 g/mol. The van der Waals surface area contributed by atoms with Gasteiger partial charge in [0.05, 0.1) is 77.6 Å². The highest BCUT2D eigenvalue weighted by molar-refractivity contribution is 5.70. The van der Waals surface area contributed by atoms with E-state index >= 15 is 0 Å². The van der Waals surface area contributed by atoms with Gasteiger partial charge in [0.15, 0.2) is 0 Å². The molecule has 0 aliphatic carbocycles. The molecule has 12 nitrogen and oxygen atoms in total. The minimum Gasteiger partial charge on any atom is -0.491 e. The fourth-order valence-electron chi connectivity index (χ4n) is 3.80. The third-order valence-corrected chi connectivity index (χ3v) is 5.95. The molecule has 39 heavy (non-hydrogen) atoms. The first-order chi connectivity index (χ1) is 18.9. The van der Waals surface area contributed by atoms with Crippen LogP contribution in [0.25, 0.3) is 0 Å². The van der Waals surface area contributed by atoms with Crippen molar-refractivity contribution in [3.63, 3.8) is 0 Å². The zero-order valence-electron chi connectivity index (χ0n) is 23.5. The van der Waals surface area contributed by atoms with Gasteiger partial charge < -0.3 is 38.8 Å². The highest BCUT2D eigenvalue weighted by atomic mass is 16.6. The van der Waals surface area contributed by atoms with Crippen molar-refractivity contribution in [1.29, 1.82) is 0 Å². The molecule has 222 valence electrons. The van der Waals surface area contributed by atoms with E-state index in [0.717, 1.165) is 12.1 Å². The number of hydrogen-bond donors (Lipinski definition) is 2. The van der Waals surface area contributed by atoms with Gasteiger partial charge in [0.2, 0.25) is 0 Å². The van der Waals surface area contributed by atoms with Crippen LogP contribution in [0.15, 0.2) is 23.8 Å². The summed E-state index contributed by atoms with van der Waals surface area (Å²) in [6.07, 6.45) is 2.16. The molecule has 0 aromatic heterocycles. The largest absolute Gasteiger partial charge is 0.491 e. The van der Waals surface area contributed by atoms with Crippen LogP contribution in [0, 0.1) is 10.1 Å². The van der Waals surface area contributed by atoms with Crippen molar-refractivity contribution < 1.29 is 38.5 Å². The molecule has 1 aliphatic rings. The van der Waals surface area contributed by atoms with Gasteiger partial charge in [0.1, 0.15) is 18.0 Å². The monoisotopic (exact) mass is 555 g/mol. The van der Waals surface area contributed by atoms with Crippen LogP contribution in [0.3, 0.4) is 0 Å². The van der Waals surface area contributed by atoms with E-state index in [0.29, 0.717) is 97.2 Å². The van der Waals surface area contributed by atoms with Gasteiger partial charge in [-0.05, 0) is 26.8 Å². The Balaban J connectivity index is 1.66. The zero-order valence-corrected chi connectivity index (χ0v) is 23.5. The van der Waals surface area contributed by atoms with Crippen molar-refractivity contribution in [3.05, 3.63) is 39.5 Å². The predicted molar refractivity (Wildman–Crippen MR) is 148 cm³/mol. The molecule has 2 rings (SSSR count). The van der Waals surface area contributed by atoms with E-state index in [2.05, 4.69) is 37.1 Å². The molecule has 12 heteroatoms. The van der Waals surface area contributed by atoms with Crippen molar-refractivity contribution in [2.45, 2.75) is 33.4 Å². The lowest BCUT2D eigenvalue weighted by atomic mass is 10.1. The number of rotatable bonds is 21. The van der Waals surface area contributed by atoms with Gasteiger partial charge in [-0.2, -0.15) is 0 Å². The van der Waals surface area contributed by atoms with Crippen LogP contribution < -0.4 is 10.1 Å². The highest BCUT2D eigenvalue weighted by Crippen LogP contribution is 2.38. The second-order valence-corrected chi connectivity index (χ2v) is 9.27. The molecule has 1 heterocycles. The summed E-state index contributed by atoms with van der Waals surface area (Å²) in [6.45, 7) is 12.9. The number of nitrogens with zero attached hydrogens (tertiary/aromatic N) is 2. The standard InChI is InChI=1S/C27H45N3O9/c1-22(2)6-7-29-21-24-26(5-4-25(30(32)33)27(24)28-20-23(29)3)39-19-18-38-17-16-37-15-14-36-13-12-35-11-10-34-9-8-31/h4-6,23,28,31H,7-21H2,1-3H3/t23-/m0/s1. The molecule has 1 aliphatic heterocycles. The number of nitrogens with one attached hydrogen (secondary N) is 1. The smallest absolute Gasteiger partial charge is 0.292 e. The number of benzene rings is 1. The average molecular weight is 556 g/mol. The minimum absolute atomic E-state index is 0.0133. The summed E-state index contributed by atoms with van der Waals surface area (Å²) in [5.74, 6) is 0.623. The lowest BCUT2D eigenvalue weighted by Gasteiger charge is -2.26. The zero-order chi connectivity index (χ0) is 28.3. The number of hydrogen-bond acceptors (Lipinski definition) is 11. The summed E-state index contributed by atoms with van der Waals surface area (Å²) in [5, 5.41) is 23.5. The van der Waals surface area contributed by atoms with Crippen molar-refractivity contribution in [2.75, 3.05) is 97.7 Å². The Kier molecular flexibility index (Phi) is 16.6. The van der Waals surface area contributed by atoms with Crippen molar-refractivity contribution in [2.24, 2.45) is 0 Å².